The molecular formula is C28H35N5O5S. The molecule has 0 atom stereocenters. The van der Waals surface area contributed by atoms with Gasteiger partial charge < -0.3 is 19.5 Å². The van der Waals surface area contributed by atoms with Gasteiger partial charge in [-0.1, -0.05) is 26.2 Å². The number of hydrogen-bond donors (Lipinski definition) is 1. The number of esters is 1. The summed E-state index contributed by atoms with van der Waals surface area (Å²) in [5.41, 5.74) is 3.65. The zero-order chi connectivity index (χ0) is 28.6. The molecule has 0 radical (unpaired) electrons. The number of carbonyl (C=O) groups is 2. The van der Waals surface area contributed by atoms with Crippen LogP contribution < -0.4 is 4.90 Å². The Morgan fingerprint density at radius 1 is 1.13 bits per heavy atom. The molecule has 10 nitrogen and oxygen atoms in total. The molecule has 0 saturated carbocycles. The fraction of sp³-hybridized carbons (Fsp3) is 0.500. The molecule has 0 fully saturated rings. The Bertz CT molecular complexity index is 1230. The lowest BCUT2D eigenvalue weighted by Crippen LogP contribution is -2.29. The van der Waals surface area contributed by atoms with Crippen molar-refractivity contribution < 1.29 is 24.2 Å². The fourth-order valence-electron chi connectivity index (χ4n) is 3.72. The van der Waals surface area contributed by atoms with E-state index >= 15 is 0 Å². The van der Waals surface area contributed by atoms with Crippen molar-refractivity contribution in [3.8, 4) is 6.07 Å². The van der Waals surface area contributed by atoms with Gasteiger partial charge in [0.05, 0.1) is 43.2 Å². The van der Waals surface area contributed by atoms with E-state index in [9.17, 15) is 14.9 Å². The third kappa shape index (κ3) is 10.5. The van der Waals surface area contributed by atoms with Gasteiger partial charge in [0.2, 0.25) is 5.69 Å². The Labute approximate surface area is 233 Å². The van der Waals surface area contributed by atoms with E-state index in [1.54, 1.807) is 6.92 Å². The first-order chi connectivity index (χ1) is 18.8. The molecule has 2 aromatic rings. The monoisotopic (exact) mass is 553 g/mol. The van der Waals surface area contributed by atoms with Crippen molar-refractivity contribution in [1.29, 1.82) is 5.26 Å². The largest absolute Gasteiger partial charge is 0.481 e. The minimum absolute atomic E-state index is 0.0859. The second-order valence-corrected chi connectivity index (χ2v) is 9.88. The van der Waals surface area contributed by atoms with E-state index in [-0.39, 0.29) is 26.1 Å². The number of azo groups is 1. The zero-order valence-corrected chi connectivity index (χ0v) is 23.6. The summed E-state index contributed by atoms with van der Waals surface area (Å²) < 4.78 is 10.7. The van der Waals surface area contributed by atoms with Crippen molar-refractivity contribution in [2.24, 2.45) is 10.2 Å². The van der Waals surface area contributed by atoms with Crippen LogP contribution in [0.25, 0.3) is 4.85 Å². The van der Waals surface area contributed by atoms with E-state index in [1.807, 2.05) is 19.1 Å². The molecule has 39 heavy (non-hydrogen) atoms. The molecule has 208 valence electrons. The number of nitrogens with zero attached hydrogens (tertiary/aromatic N) is 5. The predicted molar refractivity (Wildman–Crippen MR) is 150 cm³/mol. The molecule has 0 aliphatic heterocycles. The number of rotatable bonds is 17. The van der Waals surface area contributed by atoms with Crippen LogP contribution in [0.15, 0.2) is 28.4 Å². The van der Waals surface area contributed by atoms with Crippen LogP contribution in [0.1, 0.15) is 61.5 Å². The van der Waals surface area contributed by atoms with Crippen molar-refractivity contribution in [3.05, 3.63) is 45.6 Å². The van der Waals surface area contributed by atoms with Gasteiger partial charge in [-0.3, -0.25) is 9.59 Å². The number of anilines is 1. The molecule has 1 heterocycles. The van der Waals surface area contributed by atoms with Crippen LogP contribution in [0.5, 0.6) is 0 Å². The third-order valence-corrected chi connectivity index (χ3v) is 7.00. The molecule has 11 heteroatoms. The SMILES string of the molecule is [C-]#[N+]c1c(N=Nc2ccc(N(CCCCCC)CCOCCOC(=O)CCC(=O)O)cc2C)sc(C#N)c1C. The first-order valence-electron chi connectivity index (χ1n) is 12.9. The summed E-state index contributed by atoms with van der Waals surface area (Å²) in [5.74, 6) is -1.58. The third-order valence-electron chi connectivity index (χ3n) is 5.93. The van der Waals surface area contributed by atoms with Gasteiger partial charge in [-0.05, 0) is 49.6 Å². The highest BCUT2D eigenvalue weighted by molar-refractivity contribution is 7.17. The normalized spacial score (nSPS) is 10.8. The van der Waals surface area contributed by atoms with Gasteiger partial charge in [0.15, 0.2) is 0 Å². The van der Waals surface area contributed by atoms with Crippen molar-refractivity contribution in [3.63, 3.8) is 0 Å². The number of carboxylic acid groups (broad SMARTS) is 1. The van der Waals surface area contributed by atoms with Crippen molar-refractivity contribution in [2.45, 2.75) is 59.3 Å². The zero-order valence-electron chi connectivity index (χ0n) is 22.7. The van der Waals surface area contributed by atoms with Gasteiger partial charge >= 0.3 is 11.9 Å². The van der Waals surface area contributed by atoms with Gasteiger partial charge in [-0.2, -0.15) is 15.5 Å². The van der Waals surface area contributed by atoms with Gasteiger partial charge in [0, 0.05) is 18.8 Å². The number of benzene rings is 1. The van der Waals surface area contributed by atoms with E-state index < -0.39 is 11.9 Å². The quantitative estimate of drug-likeness (QED) is 0.0965. The number of aliphatic carboxylic acids is 1. The fourth-order valence-corrected chi connectivity index (χ4v) is 4.58. The minimum atomic E-state index is -1.03. The van der Waals surface area contributed by atoms with Crippen LogP contribution in [0.3, 0.4) is 0 Å². The molecule has 0 amide bonds. The first kappa shape index (κ1) is 31.4. The molecule has 0 bridgehead atoms. The Hall–Kier alpha value is -3.80. The molecule has 0 spiro atoms. The number of thiophene rings is 1. The Balaban J connectivity index is 2.00. The maximum Gasteiger partial charge on any atom is 0.306 e. The van der Waals surface area contributed by atoms with E-state index in [4.69, 9.17) is 21.2 Å². The number of unbranched alkanes of at least 4 members (excludes halogenated alkanes) is 3. The second-order valence-electron chi connectivity index (χ2n) is 8.88. The summed E-state index contributed by atoms with van der Waals surface area (Å²) in [5, 5.41) is 26.9. The molecule has 1 N–H and O–H groups in total. The van der Waals surface area contributed by atoms with Crippen LogP contribution in [0.2, 0.25) is 0 Å². The lowest BCUT2D eigenvalue weighted by atomic mass is 10.1. The summed E-state index contributed by atoms with van der Waals surface area (Å²) in [6, 6.07) is 8.04. The number of carbonyl (C=O) groups excluding carboxylic acids is 1. The van der Waals surface area contributed by atoms with Crippen LogP contribution >= 0.6 is 11.3 Å². The molecule has 1 aromatic heterocycles. The molecule has 0 aliphatic carbocycles. The maximum absolute atomic E-state index is 11.5. The number of nitriles is 1. The van der Waals surface area contributed by atoms with Crippen molar-refractivity contribution in [2.75, 3.05) is 37.8 Å². The molecule has 1 aromatic carbocycles. The highest BCUT2D eigenvalue weighted by Crippen LogP contribution is 2.42. The van der Waals surface area contributed by atoms with Crippen LogP contribution in [-0.4, -0.2) is 50.0 Å². The smallest absolute Gasteiger partial charge is 0.306 e. The molecule has 0 aliphatic rings. The van der Waals surface area contributed by atoms with Crippen molar-refractivity contribution >= 4 is 45.3 Å². The number of aryl methyl sites for hydroxylation is 1. The van der Waals surface area contributed by atoms with Crippen LogP contribution in [0, 0.1) is 31.8 Å². The Kier molecular flexibility index (Phi) is 13.6. The van der Waals surface area contributed by atoms with Gasteiger partial charge in [0.25, 0.3) is 0 Å². The van der Waals surface area contributed by atoms with Crippen molar-refractivity contribution in [1.82, 2.24) is 0 Å². The summed E-state index contributed by atoms with van der Waals surface area (Å²) >= 11 is 1.17. The van der Waals surface area contributed by atoms with Crippen LogP contribution in [-0.2, 0) is 19.1 Å². The summed E-state index contributed by atoms with van der Waals surface area (Å²) in [7, 11) is 0. The summed E-state index contributed by atoms with van der Waals surface area (Å²) in [6.45, 7) is 15.6. The molecule has 0 unspecified atom stereocenters. The van der Waals surface area contributed by atoms with Gasteiger partial charge in [0.1, 0.15) is 17.7 Å². The highest BCUT2D eigenvalue weighted by atomic mass is 32.1. The lowest BCUT2D eigenvalue weighted by molar-refractivity contribution is -0.148. The van der Waals surface area contributed by atoms with E-state index in [2.05, 4.69) is 39.0 Å². The Morgan fingerprint density at radius 3 is 2.59 bits per heavy atom. The molecule has 0 saturated heterocycles. The number of carboxylic acids is 1. The maximum atomic E-state index is 11.5. The Morgan fingerprint density at radius 2 is 1.92 bits per heavy atom. The first-order valence-corrected chi connectivity index (χ1v) is 13.8. The predicted octanol–water partition coefficient (Wildman–Crippen LogP) is 7.01. The minimum Gasteiger partial charge on any atom is -0.481 e. The summed E-state index contributed by atoms with van der Waals surface area (Å²) in [6.07, 6.45) is 4.13. The number of hydrogen-bond acceptors (Lipinski definition) is 9. The standard InChI is InChI=1S/C28H35N5O5S/c1-5-6-7-8-13-33(14-15-37-16-17-38-26(36)12-11-25(34)35)22-9-10-23(20(2)18-22)31-32-28-27(30-4)21(3)24(19-29)39-28/h9-10,18H,5-8,11-17H2,1-3H3,(H,34,35). The second kappa shape index (κ2) is 16.9. The number of ether oxygens (including phenoxy) is 2. The average molecular weight is 554 g/mol. The average Bonchev–Trinajstić information content (AvgIpc) is 3.23. The van der Waals surface area contributed by atoms with E-state index in [0.29, 0.717) is 40.0 Å². The van der Waals surface area contributed by atoms with Gasteiger partial charge in [-0.25, -0.2) is 4.85 Å². The van der Waals surface area contributed by atoms with E-state index in [0.717, 1.165) is 37.1 Å². The molecule has 2 rings (SSSR count). The topological polar surface area (TPSA) is 129 Å². The van der Waals surface area contributed by atoms with Gasteiger partial charge in [-0.15, -0.1) is 11.3 Å². The van der Waals surface area contributed by atoms with Crippen LogP contribution in [0.4, 0.5) is 22.1 Å². The highest BCUT2D eigenvalue weighted by Gasteiger charge is 2.15. The summed E-state index contributed by atoms with van der Waals surface area (Å²) in [4.78, 5) is 28.3. The molecular weight excluding hydrogens is 518 g/mol. The van der Waals surface area contributed by atoms with E-state index in [1.165, 1.54) is 17.8 Å². The lowest BCUT2D eigenvalue weighted by Gasteiger charge is -2.25.